The summed E-state index contributed by atoms with van der Waals surface area (Å²) in [5.74, 6) is -0.773. The third-order valence-corrected chi connectivity index (χ3v) is 7.75. The van der Waals surface area contributed by atoms with E-state index in [1.54, 1.807) is 68.1 Å². The summed E-state index contributed by atoms with van der Waals surface area (Å²) >= 11 is 12.0. The molecule has 0 unspecified atom stereocenters. The van der Waals surface area contributed by atoms with E-state index in [4.69, 9.17) is 27.9 Å². The molecular formula is C27H26Cl2N4O6S. The van der Waals surface area contributed by atoms with Crippen LogP contribution in [0.2, 0.25) is 10.0 Å². The molecule has 2 N–H and O–H groups in total. The lowest BCUT2D eigenvalue weighted by Gasteiger charge is -2.23. The number of alkyl carbamates (subject to hydrolysis) is 1. The Hall–Kier alpha value is -3.80. The van der Waals surface area contributed by atoms with E-state index in [1.165, 1.54) is 24.3 Å². The molecule has 210 valence electrons. The third kappa shape index (κ3) is 6.85. The van der Waals surface area contributed by atoms with Gasteiger partial charge >= 0.3 is 12.1 Å². The van der Waals surface area contributed by atoms with Crippen LogP contribution in [-0.2, 0) is 26.1 Å². The number of rotatable bonds is 8. The highest BCUT2D eigenvalue weighted by Crippen LogP contribution is 2.31. The number of amides is 1. The highest BCUT2D eigenvalue weighted by atomic mass is 35.5. The van der Waals surface area contributed by atoms with E-state index < -0.39 is 34.2 Å². The van der Waals surface area contributed by atoms with Crippen molar-refractivity contribution in [2.45, 2.75) is 37.8 Å². The van der Waals surface area contributed by atoms with Gasteiger partial charge in [0.1, 0.15) is 18.0 Å². The number of nitrogens with one attached hydrogen (secondary N) is 1. The summed E-state index contributed by atoms with van der Waals surface area (Å²) in [6.07, 6.45) is 2.83. The van der Waals surface area contributed by atoms with Crippen LogP contribution in [0.3, 0.4) is 0 Å². The van der Waals surface area contributed by atoms with Crippen LogP contribution < -0.4 is 9.62 Å². The number of carboxylic acid groups (broad SMARTS) is 1. The number of hydrogen-bond donors (Lipinski definition) is 2. The number of nitrogens with zero attached hydrogens (tertiary/aromatic N) is 3. The van der Waals surface area contributed by atoms with Gasteiger partial charge in [0.25, 0.3) is 10.0 Å². The van der Waals surface area contributed by atoms with Crippen LogP contribution >= 0.6 is 23.2 Å². The van der Waals surface area contributed by atoms with Crippen LogP contribution in [0.4, 0.5) is 10.5 Å². The van der Waals surface area contributed by atoms with E-state index in [0.717, 1.165) is 9.87 Å². The molecule has 2 aromatic carbocycles. The third-order valence-electron chi connectivity index (χ3n) is 5.56. The minimum absolute atomic E-state index is 0.102. The fourth-order valence-electron chi connectivity index (χ4n) is 3.92. The lowest BCUT2D eigenvalue weighted by Crippen LogP contribution is -2.35. The molecule has 0 aliphatic carbocycles. The molecular weight excluding hydrogens is 579 g/mol. The van der Waals surface area contributed by atoms with E-state index >= 15 is 0 Å². The number of carboxylic acids is 1. The van der Waals surface area contributed by atoms with Crippen molar-refractivity contribution in [3.8, 4) is 5.82 Å². The molecule has 40 heavy (non-hydrogen) atoms. The lowest BCUT2D eigenvalue weighted by molar-refractivity contribution is -0.135. The second-order valence-corrected chi connectivity index (χ2v) is 12.6. The first-order valence-corrected chi connectivity index (χ1v) is 14.2. The zero-order valence-electron chi connectivity index (χ0n) is 21.8. The maximum absolute atomic E-state index is 13.5. The average molecular weight is 606 g/mol. The van der Waals surface area contributed by atoms with Gasteiger partial charge in [0, 0.05) is 34.4 Å². The van der Waals surface area contributed by atoms with Crippen molar-refractivity contribution in [3.05, 3.63) is 82.6 Å². The Morgan fingerprint density at radius 1 is 1.05 bits per heavy atom. The molecule has 2 aromatic heterocycles. The van der Waals surface area contributed by atoms with Crippen molar-refractivity contribution in [2.75, 3.05) is 10.8 Å². The summed E-state index contributed by atoms with van der Waals surface area (Å²) in [6.45, 7) is 4.75. The first kappa shape index (κ1) is 29.2. The molecule has 1 amide bonds. The molecule has 0 aliphatic heterocycles. The zero-order chi connectivity index (χ0) is 29.2. The van der Waals surface area contributed by atoms with Gasteiger partial charge in [-0.1, -0.05) is 23.2 Å². The Balaban J connectivity index is 1.65. The van der Waals surface area contributed by atoms with Crippen LogP contribution in [0.5, 0.6) is 0 Å². The summed E-state index contributed by atoms with van der Waals surface area (Å²) in [4.78, 5) is 27.8. The molecule has 0 saturated heterocycles. The number of ether oxygens (including phenoxy) is 1. The maximum atomic E-state index is 13.5. The Morgan fingerprint density at radius 3 is 2.40 bits per heavy atom. The Bertz CT molecular complexity index is 1680. The molecule has 2 heterocycles. The second kappa shape index (κ2) is 11.4. The highest BCUT2D eigenvalue weighted by Gasteiger charge is 2.28. The SMILES string of the molecule is CC(C)(C)OC(=O)NCc1ccnc(-n2ccc3cc(N(CC(=O)O)S(=O)(=O)c4cc(Cl)cc(Cl)c4)ccc32)c1. The van der Waals surface area contributed by atoms with E-state index in [-0.39, 0.29) is 27.2 Å². The summed E-state index contributed by atoms with van der Waals surface area (Å²) in [6, 6.07) is 13.9. The predicted octanol–water partition coefficient (Wildman–Crippen LogP) is 5.64. The molecule has 0 radical (unpaired) electrons. The number of anilines is 1. The van der Waals surface area contributed by atoms with E-state index in [9.17, 15) is 23.1 Å². The molecule has 4 rings (SSSR count). The van der Waals surface area contributed by atoms with Crippen molar-refractivity contribution in [1.82, 2.24) is 14.9 Å². The Kier molecular flexibility index (Phi) is 8.29. The number of benzene rings is 2. The molecule has 0 fully saturated rings. The van der Waals surface area contributed by atoms with Crippen molar-refractivity contribution in [1.29, 1.82) is 0 Å². The van der Waals surface area contributed by atoms with Gasteiger partial charge in [0.2, 0.25) is 0 Å². The van der Waals surface area contributed by atoms with Crippen LogP contribution in [0.25, 0.3) is 16.7 Å². The monoisotopic (exact) mass is 604 g/mol. The number of halogens is 2. The standard InChI is InChI=1S/C27H26Cl2N4O6S/c1-27(2,3)39-26(36)31-15-17-6-8-30-24(10-17)32-9-7-18-11-21(4-5-23(18)32)33(16-25(34)35)40(37,38)22-13-19(28)12-20(29)14-22/h4-14H,15-16H2,1-3H3,(H,31,36)(H,34,35). The van der Waals surface area contributed by atoms with Gasteiger partial charge in [-0.05, 0) is 80.9 Å². The fourth-order valence-corrected chi connectivity index (χ4v) is 6.05. The average Bonchev–Trinajstić information content (AvgIpc) is 3.28. The highest BCUT2D eigenvalue weighted by molar-refractivity contribution is 7.92. The van der Waals surface area contributed by atoms with Crippen molar-refractivity contribution >= 4 is 61.9 Å². The molecule has 0 spiro atoms. The second-order valence-electron chi connectivity index (χ2n) is 9.82. The van der Waals surface area contributed by atoms with Gasteiger partial charge in [0.15, 0.2) is 0 Å². The van der Waals surface area contributed by atoms with Gasteiger partial charge < -0.3 is 19.7 Å². The number of fused-ring (bicyclic) bond motifs is 1. The van der Waals surface area contributed by atoms with Gasteiger partial charge in [-0.15, -0.1) is 0 Å². The zero-order valence-corrected chi connectivity index (χ0v) is 24.1. The molecule has 0 bridgehead atoms. The smallest absolute Gasteiger partial charge is 0.407 e. The van der Waals surface area contributed by atoms with Gasteiger partial charge in [-0.25, -0.2) is 18.2 Å². The lowest BCUT2D eigenvalue weighted by atomic mass is 10.2. The van der Waals surface area contributed by atoms with Crippen molar-refractivity contribution in [3.63, 3.8) is 0 Å². The quantitative estimate of drug-likeness (QED) is 0.266. The first-order valence-electron chi connectivity index (χ1n) is 12.0. The normalized spacial score (nSPS) is 11.8. The summed E-state index contributed by atoms with van der Waals surface area (Å²) in [5, 5.41) is 13.0. The fraction of sp³-hybridized carbons (Fsp3) is 0.222. The van der Waals surface area contributed by atoms with Crippen LogP contribution in [0, 0.1) is 0 Å². The van der Waals surface area contributed by atoms with E-state index in [1.807, 2.05) is 0 Å². The number of aromatic nitrogens is 2. The van der Waals surface area contributed by atoms with Crippen molar-refractivity contribution < 1.29 is 27.9 Å². The number of carbonyl (C=O) groups excluding carboxylic acids is 1. The largest absolute Gasteiger partial charge is 0.480 e. The molecule has 0 atom stereocenters. The van der Waals surface area contributed by atoms with Crippen LogP contribution in [0.15, 0.2) is 71.9 Å². The van der Waals surface area contributed by atoms with Gasteiger partial charge in [0.05, 0.1) is 16.1 Å². The predicted molar refractivity (Wildman–Crippen MR) is 153 cm³/mol. The molecule has 0 saturated carbocycles. The number of sulfonamides is 1. The minimum Gasteiger partial charge on any atom is -0.480 e. The van der Waals surface area contributed by atoms with E-state index in [2.05, 4.69) is 10.3 Å². The summed E-state index contributed by atoms with van der Waals surface area (Å²) < 4.78 is 34.8. The van der Waals surface area contributed by atoms with E-state index in [0.29, 0.717) is 16.7 Å². The Labute approximate surface area is 241 Å². The molecule has 13 heteroatoms. The minimum atomic E-state index is -4.32. The number of pyridine rings is 1. The Morgan fingerprint density at radius 2 is 1.75 bits per heavy atom. The van der Waals surface area contributed by atoms with Gasteiger partial charge in [-0.2, -0.15) is 0 Å². The number of carbonyl (C=O) groups is 2. The molecule has 4 aromatic rings. The topological polar surface area (TPSA) is 131 Å². The number of hydrogen-bond acceptors (Lipinski definition) is 6. The number of aliphatic carboxylic acids is 1. The van der Waals surface area contributed by atoms with Crippen molar-refractivity contribution in [2.24, 2.45) is 0 Å². The summed E-state index contributed by atoms with van der Waals surface area (Å²) in [7, 11) is -4.32. The van der Waals surface area contributed by atoms with Crippen LogP contribution in [-0.4, -0.2) is 47.3 Å². The first-order chi connectivity index (χ1) is 18.7. The molecule has 0 aliphatic rings. The summed E-state index contributed by atoms with van der Waals surface area (Å²) in [5.41, 5.74) is 1.02. The maximum Gasteiger partial charge on any atom is 0.407 e. The van der Waals surface area contributed by atoms with Gasteiger partial charge in [-0.3, -0.25) is 9.10 Å². The van der Waals surface area contributed by atoms with Crippen LogP contribution in [0.1, 0.15) is 26.3 Å². The molecule has 10 nitrogen and oxygen atoms in total.